The molecule has 2 aromatic rings. The summed E-state index contributed by atoms with van der Waals surface area (Å²) in [5.41, 5.74) is 6.65. The maximum absolute atomic E-state index is 10.7. The molecule has 1 aliphatic rings. The minimum Gasteiger partial charge on any atom is -0.439 e. The number of nitrogen functional groups attached to an aromatic ring is 1. The lowest BCUT2D eigenvalue weighted by Crippen LogP contribution is -2.38. The lowest BCUT2D eigenvalue weighted by atomic mass is 10.1. The van der Waals surface area contributed by atoms with Crippen LogP contribution in [0.3, 0.4) is 0 Å². The molecule has 3 rings (SSSR count). The van der Waals surface area contributed by atoms with Crippen molar-refractivity contribution in [1.29, 1.82) is 0 Å². The second-order valence-electron chi connectivity index (χ2n) is 5.67. The van der Waals surface area contributed by atoms with E-state index in [2.05, 4.69) is 19.7 Å². The van der Waals surface area contributed by atoms with Crippen LogP contribution in [0.5, 0.6) is 0 Å². The summed E-state index contributed by atoms with van der Waals surface area (Å²) in [5, 5.41) is 28.9. The van der Waals surface area contributed by atoms with Crippen molar-refractivity contribution in [3.63, 3.8) is 0 Å². The van der Waals surface area contributed by atoms with Crippen molar-refractivity contribution >= 4 is 23.1 Å². The number of aromatic nitrogens is 4. The molecule has 0 spiro atoms. The molecular weight excluding hydrogens is 366 g/mol. The fourth-order valence-corrected chi connectivity index (χ4v) is 2.47. The Hall–Kier alpha value is -2.58. The molecule has 0 saturated carbocycles. The van der Waals surface area contributed by atoms with Crippen LogP contribution in [0.15, 0.2) is 6.33 Å². The number of fused-ring (bicyclic) bond motifs is 1. The SMILES string of the molecule is CC(=O)OCOCc1ncnc2c1nc(N)n2O[C@@H]1O[C@H](CO)[C@@H](O)[C@@H]1O. The normalized spacial score (nSPS) is 25.0. The van der Waals surface area contributed by atoms with Gasteiger partial charge in [0.1, 0.15) is 30.2 Å². The van der Waals surface area contributed by atoms with E-state index in [4.69, 9.17) is 25.2 Å². The predicted molar refractivity (Wildman–Crippen MR) is 85.5 cm³/mol. The highest BCUT2D eigenvalue weighted by atomic mass is 16.8. The predicted octanol–water partition coefficient (Wildman–Crippen LogP) is -2.69. The van der Waals surface area contributed by atoms with Gasteiger partial charge < -0.3 is 40.1 Å². The Labute approximate surface area is 152 Å². The Morgan fingerprint density at radius 3 is 2.81 bits per heavy atom. The first kappa shape index (κ1) is 19.2. The van der Waals surface area contributed by atoms with E-state index in [0.29, 0.717) is 5.69 Å². The Morgan fingerprint density at radius 2 is 2.15 bits per heavy atom. The number of aliphatic hydroxyl groups excluding tert-OH is 3. The van der Waals surface area contributed by atoms with Crippen molar-refractivity contribution in [2.24, 2.45) is 0 Å². The average molecular weight is 385 g/mol. The summed E-state index contributed by atoms with van der Waals surface area (Å²) in [4.78, 5) is 28.4. The maximum atomic E-state index is 10.7. The third-order valence-electron chi connectivity index (χ3n) is 3.80. The number of carbonyl (C=O) groups excluding carboxylic acids is 1. The first-order chi connectivity index (χ1) is 12.9. The monoisotopic (exact) mass is 385 g/mol. The maximum Gasteiger partial charge on any atom is 0.304 e. The van der Waals surface area contributed by atoms with Crippen LogP contribution >= 0.6 is 0 Å². The van der Waals surface area contributed by atoms with Crippen LogP contribution in [0.1, 0.15) is 12.6 Å². The van der Waals surface area contributed by atoms with Crippen LogP contribution in [0.4, 0.5) is 5.95 Å². The average Bonchev–Trinajstić information content (AvgIpc) is 3.10. The Balaban J connectivity index is 1.78. The van der Waals surface area contributed by atoms with E-state index in [0.717, 1.165) is 4.73 Å². The van der Waals surface area contributed by atoms with Gasteiger partial charge in [0.05, 0.1) is 18.9 Å². The van der Waals surface area contributed by atoms with Crippen LogP contribution in [0.2, 0.25) is 0 Å². The lowest BCUT2D eigenvalue weighted by molar-refractivity contribution is -0.167. The number of ether oxygens (including phenoxy) is 3. The molecule has 4 atom stereocenters. The summed E-state index contributed by atoms with van der Waals surface area (Å²) in [5.74, 6) is -0.590. The zero-order valence-corrected chi connectivity index (χ0v) is 14.3. The Kier molecular flexibility index (Phi) is 5.67. The summed E-state index contributed by atoms with van der Waals surface area (Å²) in [6.45, 7) is 0.473. The number of nitrogens with zero attached hydrogens (tertiary/aromatic N) is 4. The van der Waals surface area contributed by atoms with E-state index in [9.17, 15) is 15.0 Å². The summed E-state index contributed by atoms with van der Waals surface area (Å²) < 4.78 is 16.1. The van der Waals surface area contributed by atoms with Gasteiger partial charge in [0.2, 0.25) is 11.6 Å². The minimum atomic E-state index is -1.41. The third kappa shape index (κ3) is 3.91. The third-order valence-corrected chi connectivity index (χ3v) is 3.80. The molecule has 148 valence electrons. The van der Waals surface area contributed by atoms with Gasteiger partial charge in [-0.25, -0.2) is 15.0 Å². The van der Waals surface area contributed by atoms with Crippen LogP contribution in [-0.4, -0.2) is 79.0 Å². The molecule has 0 bridgehead atoms. The van der Waals surface area contributed by atoms with Crippen LogP contribution in [-0.2, 0) is 25.6 Å². The molecular formula is C14H19N5O8. The smallest absolute Gasteiger partial charge is 0.304 e. The first-order valence-corrected chi connectivity index (χ1v) is 7.91. The molecule has 1 saturated heterocycles. The number of carbonyl (C=O) groups is 1. The number of rotatable bonds is 7. The van der Waals surface area contributed by atoms with E-state index >= 15 is 0 Å². The Bertz CT molecular complexity index is 814. The molecule has 27 heavy (non-hydrogen) atoms. The number of nitrogens with two attached hydrogens (primary N) is 1. The van der Waals surface area contributed by atoms with Crippen LogP contribution in [0.25, 0.3) is 11.2 Å². The van der Waals surface area contributed by atoms with Crippen molar-refractivity contribution in [1.82, 2.24) is 19.7 Å². The highest BCUT2D eigenvalue weighted by Gasteiger charge is 2.44. The van der Waals surface area contributed by atoms with E-state index in [-0.39, 0.29) is 30.5 Å². The molecule has 0 unspecified atom stereocenters. The van der Waals surface area contributed by atoms with Gasteiger partial charge >= 0.3 is 5.97 Å². The first-order valence-electron chi connectivity index (χ1n) is 7.91. The highest BCUT2D eigenvalue weighted by Crippen LogP contribution is 2.23. The fourth-order valence-electron chi connectivity index (χ4n) is 2.47. The molecule has 0 aliphatic carbocycles. The molecule has 0 amide bonds. The van der Waals surface area contributed by atoms with Gasteiger partial charge in [-0.15, -0.1) is 4.73 Å². The van der Waals surface area contributed by atoms with Gasteiger partial charge in [-0.05, 0) is 0 Å². The van der Waals surface area contributed by atoms with E-state index < -0.39 is 37.2 Å². The summed E-state index contributed by atoms with van der Waals surface area (Å²) >= 11 is 0. The van der Waals surface area contributed by atoms with Gasteiger partial charge in [0, 0.05) is 6.92 Å². The second kappa shape index (κ2) is 7.98. The number of imidazole rings is 1. The van der Waals surface area contributed by atoms with Gasteiger partial charge in [-0.1, -0.05) is 0 Å². The molecule has 0 aromatic carbocycles. The van der Waals surface area contributed by atoms with Gasteiger partial charge in [-0.2, -0.15) is 0 Å². The minimum absolute atomic E-state index is 0.0311. The van der Waals surface area contributed by atoms with E-state index in [1.807, 2.05) is 0 Å². The largest absolute Gasteiger partial charge is 0.439 e. The summed E-state index contributed by atoms with van der Waals surface area (Å²) in [7, 11) is 0. The number of aliphatic hydroxyl groups is 3. The number of hydrogen-bond acceptors (Lipinski definition) is 12. The molecule has 2 aromatic heterocycles. The number of hydrogen-bond donors (Lipinski definition) is 4. The van der Waals surface area contributed by atoms with Crippen molar-refractivity contribution < 1.29 is 39.2 Å². The van der Waals surface area contributed by atoms with Crippen molar-refractivity contribution in [3.05, 3.63) is 12.0 Å². The summed E-state index contributed by atoms with van der Waals surface area (Å²) in [6, 6.07) is 0. The van der Waals surface area contributed by atoms with Gasteiger partial charge in [-0.3, -0.25) is 4.79 Å². The quantitative estimate of drug-likeness (QED) is 0.220. The molecule has 0 radical (unpaired) electrons. The zero-order valence-electron chi connectivity index (χ0n) is 14.3. The highest BCUT2D eigenvalue weighted by molar-refractivity contribution is 5.75. The van der Waals surface area contributed by atoms with Crippen LogP contribution < -0.4 is 10.6 Å². The molecule has 13 nitrogen and oxygen atoms in total. The molecule has 13 heteroatoms. The molecule has 3 heterocycles. The van der Waals surface area contributed by atoms with Crippen molar-refractivity contribution in [2.75, 3.05) is 19.1 Å². The van der Waals surface area contributed by atoms with Crippen molar-refractivity contribution in [2.45, 2.75) is 38.1 Å². The molecule has 1 aliphatic heterocycles. The summed E-state index contributed by atoms with van der Waals surface area (Å²) in [6.07, 6.45) is -3.80. The molecule has 1 fully saturated rings. The number of anilines is 1. The number of esters is 1. The lowest BCUT2D eigenvalue weighted by Gasteiger charge is -2.17. The Morgan fingerprint density at radius 1 is 1.37 bits per heavy atom. The van der Waals surface area contributed by atoms with Gasteiger partial charge in [0.15, 0.2) is 6.79 Å². The standard InChI is InChI=1S/C14H19N5O8/c1-6(21)25-5-24-3-7-9-12(17-4-16-7)19(14(15)18-9)27-13-11(23)10(22)8(2-20)26-13/h4,8,10-11,13,20,22-23H,2-3,5H2,1H3,(H2,15,18)/t8-,10-,11+,13+/m1/s1. The van der Waals surface area contributed by atoms with Crippen LogP contribution in [0, 0.1) is 0 Å². The topological polar surface area (TPSA) is 184 Å². The second-order valence-corrected chi connectivity index (χ2v) is 5.67. The fraction of sp³-hybridized carbons (Fsp3) is 0.571. The van der Waals surface area contributed by atoms with Crippen molar-refractivity contribution in [3.8, 4) is 0 Å². The van der Waals surface area contributed by atoms with E-state index in [1.54, 1.807) is 0 Å². The van der Waals surface area contributed by atoms with Gasteiger partial charge in [0.25, 0.3) is 6.29 Å². The molecule has 5 N–H and O–H groups in total. The zero-order chi connectivity index (χ0) is 19.6. The van der Waals surface area contributed by atoms with E-state index in [1.165, 1.54) is 13.3 Å².